The summed E-state index contributed by atoms with van der Waals surface area (Å²) >= 11 is -2.08. The van der Waals surface area contributed by atoms with Crippen molar-refractivity contribution in [2.75, 3.05) is 12.3 Å². The van der Waals surface area contributed by atoms with E-state index in [1.807, 2.05) is 30.3 Å². The largest absolute Gasteiger partial charge is 0.760 e. The molecule has 0 spiro atoms. The molecule has 0 aliphatic heterocycles. The first-order valence-electron chi connectivity index (χ1n) is 8.80. The van der Waals surface area contributed by atoms with Crippen LogP contribution >= 0.6 is 0 Å². The summed E-state index contributed by atoms with van der Waals surface area (Å²) in [5, 5.41) is 0. The zero-order valence-corrected chi connectivity index (χ0v) is 15.3. The molecule has 0 fully saturated rings. The Kier molecular flexibility index (Phi) is 16.8. The molecule has 0 saturated carbocycles. The molecule has 1 aromatic rings. The van der Waals surface area contributed by atoms with Crippen molar-refractivity contribution < 1.29 is 8.76 Å². The Bertz CT molecular complexity index is 375. The molecule has 0 saturated heterocycles. The zero-order valence-electron chi connectivity index (χ0n) is 14.5. The average molecular weight is 342 g/mol. The number of hydrogen-bond acceptors (Lipinski definition) is 3. The third-order valence-electron chi connectivity index (χ3n) is 3.55. The Morgan fingerprint density at radius 2 is 1.39 bits per heavy atom. The van der Waals surface area contributed by atoms with E-state index in [-0.39, 0.29) is 0 Å². The summed E-state index contributed by atoms with van der Waals surface area (Å²) in [6, 6.07) is 9.49. The van der Waals surface area contributed by atoms with E-state index >= 15 is 0 Å². The van der Waals surface area contributed by atoms with Crippen LogP contribution in [0.5, 0.6) is 0 Å². The van der Waals surface area contributed by atoms with Gasteiger partial charge in [-0.25, -0.2) is 4.72 Å². The molecule has 4 nitrogen and oxygen atoms in total. The van der Waals surface area contributed by atoms with Gasteiger partial charge in [0.2, 0.25) is 0 Å². The number of nitrogen functional groups attached to an aromatic ring is 1. The van der Waals surface area contributed by atoms with Crippen LogP contribution in [0.25, 0.3) is 0 Å². The predicted molar refractivity (Wildman–Crippen MR) is 99.6 cm³/mol. The van der Waals surface area contributed by atoms with Crippen LogP contribution in [0.4, 0.5) is 5.69 Å². The van der Waals surface area contributed by atoms with Gasteiger partial charge in [-0.15, -0.1) is 0 Å². The maximum Gasteiger partial charge on any atom is 0.0313 e. The van der Waals surface area contributed by atoms with Gasteiger partial charge in [-0.1, -0.05) is 82.9 Å². The van der Waals surface area contributed by atoms with Gasteiger partial charge in [-0.05, 0) is 18.6 Å². The van der Waals surface area contributed by atoms with Crippen LogP contribution in [0.2, 0.25) is 0 Å². The first-order chi connectivity index (χ1) is 11.2. The number of para-hydroxylation sites is 1. The van der Waals surface area contributed by atoms with Gasteiger partial charge < -0.3 is 10.3 Å². The van der Waals surface area contributed by atoms with Gasteiger partial charge in [0.1, 0.15) is 0 Å². The minimum atomic E-state index is -2.08. The molecular weight excluding hydrogens is 308 g/mol. The van der Waals surface area contributed by atoms with Gasteiger partial charge in [0, 0.05) is 23.5 Å². The second-order valence-corrected chi connectivity index (χ2v) is 6.48. The molecule has 0 amide bonds. The molecule has 0 heterocycles. The summed E-state index contributed by atoms with van der Waals surface area (Å²) in [4.78, 5) is 0. The molecule has 1 rings (SSSR count). The highest BCUT2D eigenvalue weighted by atomic mass is 32.2. The van der Waals surface area contributed by atoms with E-state index in [0.29, 0.717) is 6.54 Å². The molecule has 5 heteroatoms. The maximum atomic E-state index is 10.1. The average Bonchev–Trinajstić information content (AvgIpc) is 2.54. The first kappa shape index (κ1) is 22.1. The Morgan fingerprint density at radius 3 is 1.78 bits per heavy atom. The SMILES string of the molecule is CCCCCCCCCCCCNS(=O)[O-].Nc1ccccc1. The van der Waals surface area contributed by atoms with Gasteiger partial charge in [-0.3, -0.25) is 4.21 Å². The third kappa shape index (κ3) is 19.0. The summed E-state index contributed by atoms with van der Waals surface area (Å²) in [5.41, 5.74) is 6.18. The molecule has 0 aliphatic carbocycles. The molecule has 3 N–H and O–H groups in total. The monoisotopic (exact) mass is 341 g/mol. The maximum absolute atomic E-state index is 10.1. The highest BCUT2D eigenvalue weighted by Gasteiger charge is 1.92. The van der Waals surface area contributed by atoms with Crippen LogP contribution < -0.4 is 10.5 Å². The van der Waals surface area contributed by atoms with Crippen LogP contribution in [-0.4, -0.2) is 15.3 Å². The molecule has 23 heavy (non-hydrogen) atoms. The number of rotatable bonds is 12. The normalized spacial score (nSPS) is 11.6. The molecule has 0 aliphatic rings. The van der Waals surface area contributed by atoms with Crippen LogP contribution in [0.3, 0.4) is 0 Å². The van der Waals surface area contributed by atoms with Gasteiger partial charge in [0.15, 0.2) is 0 Å². The smallest absolute Gasteiger partial charge is 0.0313 e. The second kappa shape index (κ2) is 17.4. The summed E-state index contributed by atoms with van der Waals surface area (Å²) < 4.78 is 22.7. The lowest BCUT2D eigenvalue weighted by Crippen LogP contribution is -2.17. The number of nitrogens with one attached hydrogen (secondary N) is 1. The van der Waals surface area contributed by atoms with E-state index < -0.39 is 11.3 Å². The van der Waals surface area contributed by atoms with E-state index in [1.165, 1.54) is 51.4 Å². The first-order valence-corrected chi connectivity index (χ1v) is 9.87. The van der Waals surface area contributed by atoms with E-state index in [9.17, 15) is 8.76 Å². The topological polar surface area (TPSA) is 78.2 Å². The predicted octanol–water partition coefficient (Wildman–Crippen LogP) is 4.56. The summed E-state index contributed by atoms with van der Waals surface area (Å²) in [6.45, 7) is 2.83. The van der Waals surface area contributed by atoms with Gasteiger partial charge in [-0.2, -0.15) is 0 Å². The van der Waals surface area contributed by atoms with E-state index in [4.69, 9.17) is 5.73 Å². The van der Waals surface area contributed by atoms with Crippen molar-refractivity contribution in [2.45, 2.75) is 71.1 Å². The van der Waals surface area contributed by atoms with E-state index in [2.05, 4.69) is 11.6 Å². The molecular formula is C18H33N2O2S-. The van der Waals surface area contributed by atoms with E-state index in [0.717, 1.165) is 18.5 Å². The molecule has 0 radical (unpaired) electrons. The van der Waals surface area contributed by atoms with Crippen LogP contribution in [0, 0.1) is 0 Å². The fourth-order valence-electron chi connectivity index (χ4n) is 2.22. The third-order valence-corrected chi connectivity index (χ3v) is 3.99. The number of hydrogen-bond donors (Lipinski definition) is 2. The van der Waals surface area contributed by atoms with Crippen LogP contribution in [0.1, 0.15) is 71.1 Å². The summed E-state index contributed by atoms with van der Waals surface area (Å²) in [7, 11) is 0. The quantitative estimate of drug-likeness (QED) is 0.332. The van der Waals surface area contributed by atoms with Crippen LogP contribution in [0.15, 0.2) is 30.3 Å². The lowest BCUT2D eigenvalue weighted by molar-refractivity contribution is 0.516. The summed E-state index contributed by atoms with van der Waals surface area (Å²) in [6.07, 6.45) is 12.8. The highest BCUT2D eigenvalue weighted by Crippen LogP contribution is 2.10. The Hall–Kier alpha value is -0.910. The minimum absolute atomic E-state index is 0.590. The van der Waals surface area contributed by atoms with Crippen molar-refractivity contribution in [3.05, 3.63) is 30.3 Å². The lowest BCUT2D eigenvalue weighted by atomic mass is 10.1. The molecule has 0 bridgehead atoms. The van der Waals surface area contributed by atoms with Crippen LogP contribution in [-0.2, 0) is 11.3 Å². The van der Waals surface area contributed by atoms with Crippen molar-refractivity contribution in [2.24, 2.45) is 0 Å². The Labute approximate surface area is 144 Å². The number of unbranched alkanes of at least 4 members (excludes halogenated alkanes) is 9. The van der Waals surface area contributed by atoms with Gasteiger partial charge >= 0.3 is 0 Å². The number of nitrogens with two attached hydrogens (primary N) is 1. The van der Waals surface area contributed by atoms with Gasteiger partial charge in [0.25, 0.3) is 0 Å². The van der Waals surface area contributed by atoms with Crippen molar-refractivity contribution in [3.8, 4) is 0 Å². The molecule has 1 atom stereocenters. The van der Waals surface area contributed by atoms with Crippen molar-refractivity contribution >= 4 is 17.0 Å². The standard InChI is InChI=1S/C12H27NO2S.C6H7N/c1-2-3-4-5-6-7-8-9-10-11-12-13-16(14)15;7-6-4-2-1-3-5-6/h13H,2-12H2,1H3,(H,14,15);1-5H,7H2/p-1. The fraction of sp³-hybridized carbons (Fsp3) is 0.667. The second-order valence-electron chi connectivity index (χ2n) is 5.72. The fourth-order valence-corrected chi connectivity index (χ4v) is 2.53. The minimum Gasteiger partial charge on any atom is -0.760 e. The Morgan fingerprint density at radius 1 is 0.913 bits per heavy atom. The number of anilines is 1. The molecule has 1 unspecified atom stereocenters. The molecule has 0 aromatic heterocycles. The Balaban J connectivity index is 0.000000568. The van der Waals surface area contributed by atoms with E-state index in [1.54, 1.807) is 0 Å². The summed E-state index contributed by atoms with van der Waals surface area (Å²) in [5.74, 6) is 0. The number of benzene rings is 1. The molecule has 134 valence electrons. The van der Waals surface area contributed by atoms with Gasteiger partial charge in [0.05, 0.1) is 0 Å². The van der Waals surface area contributed by atoms with Crippen molar-refractivity contribution in [3.63, 3.8) is 0 Å². The lowest BCUT2D eigenvalue weighted by Gasteiger charge is -2.06. The highest BCUT2D eigenvalue weighted by molar-refractivity contribution is 7.77. The van der Waals surface area contributed by atoms with Crippen molar-refractivity contribution in [1.29, 1.82) is 0 Å². The zero-order chi connectivity index (χ0) is 17.2. The molecule has 1 aromatic carbocycles. The van der Waals surface area contributed by atoms with Crippen molar-refractivity contribution in [1.82, 2.24) is 4.72 Å².